The zero-order valence-electron chi connectivity index (χ0n) is 10.9. The number of primary amides is 1. The molecule has 0 spiro atoms. The SMILES string of the molecule is CC1CCCC(C(=O)NCC(C)(C)C(N)=O)N1. The van der Waals surface area contributed by atoms with Gasteiger partial charge in [-0.15, -0.1) is 0 Å². The lowest BCUT2D eigenvalue weighted by Crippen LogP contribution is -2.52. The lowest BCUT2D eigenvalue weighted by molar-refractivity contribution is -0.127. The van der Waals surface area contributed by atoms with Crippen molar-refractivity contribution in [2.45, 2.75) is 52.1 Å². The zero-order chi connectivity index (χ0) is 13.1. The molecule has 2 amide bonds. The Bertz CT molecular complexity index is 302. The van der Waals surface area contributed by atoms with Crippen LogP contribution in [0.4, 0.5) is 0 Å². The summed E-state index contributed by atoms with van der Waals surface area (Å²) in [5.74, 6) is -0.436. The first kappa shape index (κ1) is 14.0. The average molecular weight is 241 g/mol. The van der Waals surface area contributed by atoms with Crippen molar-refractivity contribution in [1.82, 2.24) is 10.6 Å². The fourth-order valence-electron chi connectivity index (χ4n) is 1.86. The van der Waals surface area contributed by atoms with E-state index in [2.05, 4.69) is 17.6 Å². The van der Waals surface area contributed by atoms with Gasteiger partial charge in [0.25, 0.3) is 0 Å². The van der Waals surface area contributed by atoms with Crippen LogP contribution < -0.4 is 16.4 Å². The maximum Gasteiger partial charge on any atom is 0.237 e. The van der Waals surface area contributed by atoms with Crippen molar-refractivity contribution in [3.8, 4) is 0 Å². The van der Waals surface area contributed by atoms with E-state index in [1.165, 1.54) is 0 Å². The van der Waals surface area contributed by atoms with Crippen LogP contribution >= 0.6 is 0 Å². The third kappa shape index (κ3) is 4.00. The van der Waals surface area contributed by atoms with Crippen molar-refractivity contribution in [2.75, 3.05) is 6.54 Å². The Hall–Kier alpha value is -1.10. The number of rotatable bonds is 4. The number of hydrogen-bond acceptors (Lipinski definition) is 3. The fraction of sp³-hybridized carbons (Fsp3) is 0.833. The number of nitrogens with one attached hydrogen (secondary N) is 2. The van der Waals surface area contributed by atoms with Crippen molar-refractivity contribution in [3.05, 3.63) is 0 Å². The van der Waals surface area contributed by atoms with Crippen LogP contribution in [-0.2, 0) is 9.59 Å². The summed E-state index contributed by atoms with van der Waals surface area (Å²) in [6.45, 7) is 5.82. The fourth-order valence-corrected chi connectivity index (χ4v) is 1.86. The van der Waals surface area contributed by atoms with E-state index >= 15 is 0 Å². The van der Waals surface area contributed by atoms with Gasteiger partial charge < -0.3 is 16.4 Å². The molecule has 0 bridgehead atoms. The predicted molar refractivity (Wildman–Crippen MR) is 66.2 cm³/mol. The number of nitrogens with two attached hydrogens (primary N) is 1. The van der Waals surface area contributed by atoms with E-state index in [1.807, 2.05) is 0 Å². The molecule has 1 fully saturated rings. The van der Waals surface area contributed by atoms with Crippen LogP contribution in [0.2, 0.25) is 0 Å². The minimum atomic E-state index is -0.698. The van der Waals surface area contributed by atoms with E-state index < -0.39 is 11.3 Å². The van der Waals surface area contributed by atoms with Crippen LogP contribution in [-0.4, -0.2) is 30.4 Å². The summed E-state index contributed by atoms with van der Waals surface area (Å²) in [6, 6.07) is 0.242. The van der Waals surface area contributed by atoms with Crippen LogP contribution in [0.25, 0.3) is 0 Å². The minimum Gasteiger partial charge on any atom is -0.369 e. The largest absolute Gasteiger partial charge is 0.369 e. The first-order valence-electron chi connectivity index (χ1n) is 6.16. The molecule has 98 valence electrons. The molecule has 17 heavy (non-hydrogen) atoms. The van der Waals surface area contributed by atoms with Gasteiger partial charge in [-0.1, -0.05) is 0 Å². The highest BCUT2D eigenvalue weighted by Gasteiger charge is 2.28. The van der Waals surface area contributed by atoms with Crippen LogP contribution in [0.1, 0.15) is 40.0 Å². The molecule has 0 saturated carbocycles. The summed E-state index contributed by atoms with van der Waals surface area (Å²) in [4.78, 5) is 23.0. The Morgan fingerprint density at radius 2 is 2.06 bits per heavy atom. The Labute approximate surface area is 103 Å². The molecule has 1 heterocycles. The van der Waals surface area contributed by atoms with Gasteiger partial charge >= 0.3 is 0 Å². The molecule has 0 aromatic heterocycles. The average Bonchev–Trinajstić information content (AvgIpc) is 2.25. The quantitative estimate of drug-likeness (QED) is 0.655. The van der Waals surface area contributed by atoms with E-state index in [-0.39, 0.29) is 18.5 Å². The van der Waals surface area contributed by atoms with Crippen LogP contribution in [0.15, 0.2) is 0 Å². The van der Waals surface area contributed by atoms with Gasteiger partial charge in [-0.05, 0) is 40.0 Å². The van der Waals surface area contributed by atoms with E-state index in [4.69, 9.17) is 5.73 Å². The van der Waals surface area contributed by atoms with Gasteiger partial charge in [0.05, 0.1) is 11.5 Å². The summed E-state index contributed by atoms with van der Waals surface area (Å²) in [7, 11) is 0. The highest BCUT2D eigenvalue weighted by atomic mass is 16.2. The lowest BCUT2D eigenvalue weighted by atomic mass is 9.92. The number of piperidine rings is 1. The second kappa shape index (κ2) is 5.49. The molecule has 0 radical (unpaired) electrons. The zero-order valence-corrected chi connectivity index (χ0v) is 10.9. The van der Waals surface area contributed by atoms with E-state index in [9.17, 15) is 9.59 Å². The monoisotopic (exact) mass is 241 g/mol. The molecule has 5 nitrogen and oxygen atoms in total. The van der Waals surface area contributed by atoms with Crippen molar-refractivity contribution in [2.24, 2.45) is 11.1 Å². The summed E-state index contributed by atoms with van der Waals surface area (Å²) >= 11 is 0. The van der Waals surface area contributed by atoms with Crippen LogP contribution in [0, 0.1) is 5.41 Å². The van der Waals surface area contributed by atoms with Crippen molar-refractivity contribution < 1.29 is 9.59 Å². The van der Waals surface area contributed by atoms with Gasteiger partial charge in [0.1, 0.15) is 0 Å². The number of carbonyl (C=O) groups is 2. The molecular weight excluding hydrogens is 218 g/mol. The van der Waals surface area contributed by atoms with Crippen molar-refractivity contribution in [3.63, 3.8) is 0 Å². The smallest absolute Gasteiger partial charge is 0.237 e. The van der Waals surface area contributed by atoms with Gasteiger partial charge in [-0.3, -0.25) is 9.59 Å². The minimum absolute atomic E-state index is 0.0362. The first-order valence-corrected chi connectivity index (χ1v) is 6.16. The molecule has 0 aromatic rings. The second-order valence-electron chi connectivity index (χ2n) is 5.52. The van der Waals surface area contributed by atoms with Gasteiger partial charge in [0.2, 0.25) is 11.8 Å². The Kier molecular flexibility index (Phi) is 4.51. The Morgan fingerprint density at radius 1 is 1.41 bits per heavy atom. The molecule has 0 aromatic carbocycles. The molecule has 1 aliphatic heterocycles. The molecule has 5 heteroatoms. The third-order valence-electron chi connectivity index (χ3n) is 3.30. The second-order valence-corrected chi connectivity index (χ2v) is 5.52. The molecule has 1 aliphatic rings. The molecule has 1 rings (SSSR count). The summed E-state index contributed by atoms with van der Waals surface area (Å²) in [5.41, 5.74) is 4.55. The molecular formula is C12H23N3O2. The topological polar surface area (TPSA) is 84.2 Å². The molecule has 0 aliphatic carbocycles. The van der Waals surface area contributed by atoms with Gasteiger partial charge in [-0.2, -0.15) is 0 Å². The molecule has 4 N–H and O–H groups in total. The summed E-state index contributed by atoms with van der Waals surface area (Å²) in [6.07, 6.45) is 3.02. The van der Waals surface area contributed by atoms with E-state index in [0.717, 1.165) is 19.3 Å². The number of hydrogen-bond donors (Lipinski definition) is 3. The van der Waals surface area contributed by atoms with E-state index in [0.29, 0.717) is 6.04 Å². The Morgan fingerprint density at radius 3 is 2.59 bits per heavy atom. The van der Waals surface area contributed by atoms with Gasteiger partial charge in [0.15, 0.2) is 0 Å². The van der Waals surface area contributed by atoms with Gasteiger partial charge in [0, 0.05) is 12.6 Å². The standard InChI is InChI=1S/C12H23N3O2/c1-8-5-4-6-9(15-8)10(16)14-7-12(2,3)11(13)17/h8-9,15H,4-7H2,1-3H3,(H2,13,17)(H,14,16). The highest BCUT2D eigenvalue weighted by Crippen LogP contribution is 2.14. The van der Waals surface area contributed by atoms with Crippen molar-refractivity contribution in [1.29, 1.82) is 0 Å². The first-order chi connectivity index (χ1) is 7.83. The third-order valence-corrected chi connectivity index (χ3v) is 3.30. The number of carbonyl (C=O) groups excluding carboxylic acids is 2. The molecule has 1 saturated heterocycles. The normalized spacial score (nSPS) is 25.4. The van der Waals surface area contributed by atoms with Gasteiger partial charge in [-0.25, -0.2) is 0 Å². The summed E-state index contributed by atoms with van der Waals surface area (Å²) < 4.78 is 0. The summed E-state index contributed by atoms with van der Waals surface area (Å²) in [5, 5.41) is 6.05. The molecule has 2 atom stereocenters. The maximum absolute atomic E-state index is 11.9. The predicted octanol–water partition coefficient (Wildman–Crippen LogP) is 0.145. The molecule has 2 unspecified atom stereocenters. The van der Waals surface area contributed by atoms with Crippen LogP contribution in [0.3, 0.4) is 0 Å². The maximum atomic E-state index is 11.9. The highest BCUT2D eigenvalue weighted by molar-refractivity contribution is 5.84. The lowest BCUT2D eigenvalue weighted by Gasteiger charge is -2.29. The van der Waals surface area contributed by atoms with E-state index in [1.54, 1.807) is 13.8 Å². The number of amides is 2. The van der Waals surface area contributed by atoms with Crippen LogP contribution in [0.5, 0.6) is 0 Å². The Balaban J connectivity index is 2.41. The van der Waals surface area contributed by atoms with Crippen molar-refractivity contribution >= 4 is 11.8 Å².